The Morgan fingerprint density at radius 1 is 0.652 bits per heavy atom. The van der Waals surface area contributed by atoms with Gasteiger partial charge in [-0.3, -0.25) is 44.1 Å². The van der Waals surface area contributed by atoms with Gasteiger partial charge < -0.3 is 24.3 Å². The molecule has 14 nitrogen and oxygen atoms in total. The molecule has 2 aromatic heterocycles. The van der Waals surface area contributed by atoms with Crippen molar-refractivity contribution in [3.05, 3.63) is 111 Å². The lowest BCUT2D eigenvalue weighted by molar-refractivity contribution is -0.155. The highest BCUT2D eigenvalue weighted by Crippen LogP contribution is 2.43. The van der Waals surface area contributed by atoms with Crippen molar-refractivity contribution in [2.75, 3.05) is 31.7 Å². The Kier molecular flexibility index (Phi) is 17.3. The second kappa shape index (κ2) is 23.3. The van der Waals surface area contributed by atoms with Gasteiger partial charge in [-0.15, -0.1) is 0 Å². The van der Waals surface area contributed by atoms with Gasteiger partial charge in [0.1, 0.15) is 17.4 Å². The van der Waals surface area contributed by atoms with Gasteiger partial charge in [-0.1, -0.05) is 30.3 Å². The number of amides is 1. The molecule has 0 radical (unpaired) electrons. The van der Waals surface area contributed by atoms with Gasteiger partial charge >= 0.3 is 23.9 Å². The first-order valence-electron chi connectivity index (χ1n) is 23.2. The van der Waals surface area contributed by atoms with Crippen molar-refractivity contribution in [2.24, 2.45) is 5.92 Å². The molecule has 0 saturated heterocycles. The van der Waals surface area contributed by atoms with E-state index in [0.29, 0.717) is 30.1 Å². The minimum atomic E-state index is -0.883. The predicted octanol–water partition coefficient (Wildman–Crippen LogP) is 8.23. The summed E-state index contributed by atoms with van der Waals surface area (Å²) in [6.45, 7) is 11.9. The van der Waals surface area contributed by atoms with E-state index in [0.717, 1.165) is 75.8 Å². The maximum Gasteiger partial charge on any atom is 0.323 e. The Morgan fingerprint density at radius 2 is 1.21 bits per heavy atom. The number of aryl methyl sites for hydroxylation is 1. The number of hydrogen-bond acceptors (Lipinski definition) is 13. The van der Waals surface area contributed by atoms with Crippen LogP contribution in [-0.2, 0) is 57.5 Å². The summed E-state index contributed by atoms with van der Waals surface area (Å²) in [5.41, 5.74) is 9.60. The monoisotopic (exact) mass is 902 g/mol. The van der Waals surface area contributed by atoms with Crippen LogP contribution in [0, 0.1) is 19.8 Å². The fourth-order valence-corrected chi connectivity index (χ4v) is 8.28. The van der Waals surface area contributed by atoms with Crippen molar-refractivity contribution in [1.29, 1.82) is 0 Å². The Morgan fingerprint density at radius 3 is 1.86 bits per heavy atom. The summed E-state index contributed by atoms with van der Waals surface area (Å²) < 4.78 is 20.6. The predicted molar refractivity (Wildman–Crippen MR) is 248 cm³/mol. The number of carbonyl (C=O) groups is 6. The molecule has 4 aromatic rings. The van der Waals surface area contributed by atoms with Gasteiger partial charge in [0.2, 0.25) is 0 Å². The van der Waals surface area contributed by atoms with E-state index >= 15 is 0 Å². The van der Waals surface area contributed by atoms with E-state index in [4.69, 9.17) is 18.9 Å². The Labute approximate surface area is 387 Å². The standard InChI is InChI=1S/C52H62N4O10/c1-7-63-48(58)24-36(51(61)65-9-3)21-22-37-28-54-45(26-41(37)33-17-18-33)50(60)56-43-16-12-15-40(32(43)6)39-14-11-13-35(31(39)5)23-47(57)44-25-42(34-19-20-34)38(29-53-44)30-55-46(52(62)66-10-4)27-49(59)64-8-2/h11-16,25-26,28-29,33-34,36,46,55H,7-10,17-24,27,30H2,1-6H3,(H,56,60)/t36-,46-/m0/s1. The lowest BCUT2D eigenvalue weighted by Gasteiger charge is -2.18. The van der Waals surface area contributed by atoms with Gasteiger partial charge in [0, 0.05) is 31.0 Å². The number of hydrogen-bond donors (Lipinski definition) is 2. The SMILES string of the molecule is CCOC(=O)C[C@H](CCc1cnc(C(=O)Nc2cccc(-c3cccc(CC(=O)c4cc(C5CC5)c(CN[C@@H](CC(=O)OCC)C(=O)OCC)cn4)c3C)c2C)cc1C1CC1)C(=O)OCC. The smallest absolute Gasteiger partial charge is 0.323 e. The van der Waals surface area contributed by atoms with Crippen molar-refractivity contribution in [3.8, 4) is 11.1 Å². The van der Waals surface area contributed by atoms with E-state index in [1.807, 2.05) is 62.4 Å². The average Bonchev–Trinajstić information content (AvgIpc) is 4.24. The van der Waals surface area contributed by atoms with Gasteiger partial charge in [0.15, 0.2) is 5.78 Å². The van der Waals surface area contributed by atoms with E-state index in [-0.39, 0.29) is 75.5 Å². The number of nitrogens with one attached hydrogen (secondary N) is 2. The number of esters is 4. The first kappa shape index (κ1) is 49.2. The van der Waals surface area contributed by atoms with Gasteiger partial charge in [-0.2, -0.15) is 0 Å². The van der Waals surface area contributed by atoms with Crippen molar-refractivity contribution in [2.45, 2.75) is 124 Å². The van der Waals surface area contributed by atoms with Crippen LogP contribution in [0.15, 0.2) is 60.9 Å². The molecule has 66 heavy (non-hydrogen) atoms. The molecule has 2 heterocycles. The molecule has 0 unspecified atom stereocenters. The first-order valence-corrected chi connectivity index (χ1v) is 23.2. The van der Waals surface area contributed by atoms with Gasteiger partial charge in [-0.25, -0.2) is 0 Å². The van der Waals surface area contributed by atoms with Crippen LogP contribution in [0.5, 0.6) is 0 Å². The number of ether oxygens (including phenoxy) is 4. The molecule has 1 amide bonds. The van der Waals surface area contributed by atoms with Crippen LogP contribution in [0.1, 0.15) is 144 Å². The molecule has 2 fully saturated rings. The molecule has 2 saturated carbocycles. The van der Waals surface area contributed by atoms with Crippen LogP contribution in [0.3, 0.4) is 0 Å². The summed E-state index contributed by atoms with van der Waals surface area (Å²) in [6.07, 6.45) is 8.16. The zero-order valence-corrected chi connectivity index (χ0v) is 39.0. The van der Waals surface area contributed by atoms with Crippen LogP contribution >= 0.6 is 0 Å². The van der Waals surface area contributed by atoms with Crippen LogP contribution in [-0.4, -0.2) is 78.0 Å². The first-order chi connectivity index (χ1) is 31.8. The minimum absolute atomic E-state index is 0.0580. The topological polar surface area (TPSA) is 189 Å². The largest absolute Gasteiger partial charge is 0.466 e. The highest BCUT2D eigenvalue weighted by atomic mass is 16.5. The van der Waals surface area contributed by atoms with Gasteiger partial charge in [-0.05, 0) is 160 Å². The van der Waals surface area contributed by atoms with Crippen molar-refractivity contribution in [1.82, 2.24) is 15.3 Å². The van der Waals surface area contributed by atoms with Crippen molar-refractivity contribution >= 4 is 41.3 Å². The molecule has 2 aromatic carbocycles. The van der Waals surface area contributed by atoms with Crippen molar-refractivity contribution < 1.29 is 47.7 Å². The van der Waals surface area contributed by atoms with E-state index < -0.39 is 35.8 Å². The second-order valence-electron chi connectivity index (χ2n) is 16.9. The molecule has 14 heteroatoms. The molecule has 350 valence electrons. The Balaban J connectivity index is 1.14. The number of Topliss-reactive ketones (excluding diaryl/α,β-unsaturated/α-hetero) is 1. The summed E-state index contributed by atoms with van der Waals surface area (Å²) in [7, 11) is 0. The second-order valence-corrected chi connectivity index (χ2v) is 16.9. The molecular weight excluding hydrogens is 841 g/mol. The molecule has 0 bridgehead atoms. The van der Waals surface area contributed by atoms with E-state index in [9.17, 15) is 28.8 Å². The van der Waals surface area contributed by atoms with Crippen LogP contribution in [0.25, 0.3) is 11.1 Å². The lowest BCUT2D eigenvalue weighted by Crippen LogP contribution is -2.40. The number of aromatic nitrogens is 2. The zero-order valence-electron chi connectivity index (χ0n) is 39.0. The highest BCUT2D eigenvalue weighted by molar-refractivity contribution is 6.04. The summed E-state index contributed by atoms with van der Waals surface area (Å²) in [4.78, 5) is 86.7. The van der Waals surface area contributed by atoms with Crippen molar-refractivity contribution in [3.63, 3.8) is 0 Å². The minimum Gasteiger partial charge on any atom is -0.466 e. The quantitative estimate of drug-likeness (QED) is 0.0389. The number of benzene rings is 2. The molecule has 0 aliphatic heterocycles. The van der Waals surface area contributed by atoms with E-state index in [1.165, 1.54) is 0 Å². The fraction of sp³-hybridized carbons (Fsp3) is 0.462. The summed E-state index contributed by atoms with van der Waals surface area (Å²) in [5, 5.41) is 6.24. The highest BCUT2D eigenvalue weighted by Gasteiger charge is 2.31. The molecule has 0 spiro atoms. The van der Waals surface area contributed by atoms with Gasteiger partial charge in [0.05, 0.1) is 45.2 Å². The summed E-state index contributed by atoms with van der Waals surface area (Å²) in [6, 6.07) is 14.5. The number of nitrogens with zero attached hydrogens (tertiary/aromatic N) is 2. The Hall–Kier alpha value is -6.28. The number of carbonyl (C=O) groups excluding carboxylic acids is 6. The van der Waals surface area contributed by atoms with Crippen LogP contribution < -0.4 is 10.6 Å². The molecule has 2 aliphatic carbocycles. The maximum absolute atomic E-state index is 13.9. The van der Waals surface area contributed by atoms with E-state index in [2.05, 4.69) is 20.6 Å². The number of pyridine rings is 2. The third-order valence-corrected chi connectivity index (χ3v) is 12.2. The van der Waals surface area contributed by atoms with E-state index in [1.54, 1.807) is 40.1 Å². The molecule has 2 N–H and O–H groups in total. The molecule has 2 atom stereocenters. The third-order valence-electron chi connectivity index (χ3n) is 12.2. The summed E-state index contributed by atoms with van der Waals surface area (Å²) in [5.74, 6) is -2.43. The number of anilines is 1. The summed E-state index contributed by atoms with van der Waals surface area (Å²) >= 11 is 0. The number of ketones is 1. The van der Waals surface area contributed by atoms with Gasteiger partial charge in [0.25, 0.3) is 5.91 Å². The normalized spacial score (nSPS) is 14.2. The molecule has 2 aliphatic rings. The van der Waals surface area contributed by atoms with Crippen LogP contribution in [0.4, 0.5) is 5.69 Å². The molecule has 6 rings (SSSR count). The fourth-order valence-electron chi connectivity index (χ4n) is 8.28. The van der Waals surface area contributed by atoms with Crippen LogP contribution in [0.2, 0.25) is 0 Å². The number of rotatable bonds is 24. The average molecular weight is 903 g/mol. The third kappa shape index (κ3) is 13.0. The lowest BCUT2D eigenvalue weighted by atomic mass is 9.90. The zero-order chi connectivity index (χ0) is 47.3. The molecular formula is C52H62N4O10. The maximum atomic E-state index is 13.9. The Bertz CT molecular complexity index is 2260.